The number of hydrogen-bond acceptors (Lipinski definition) is 7. The van der Waals surface area contributed by atoms with Gasteiger partial charge in [-0.2, -0.15) is 0 Å². The summed E-state index contributed by atoms with van der Waals surface area (Å²) >= 11 is 0. The van der Waals surface area contributed by atoms with Gasteiger partial charge in [-0.1, -0.05) is 0 Å². The van der Waals surface area contributed by atoms with E-state index in [9.17, 15) is 28.5 Å². The maximum absolute atomic E-state index is 12.1. The van der Waals surface area contributed by atoms with E-state index in [1.54, 1.807) is 0 Å². The summed E-state index contributed by atoms with van der Waals surface area (Å²) in [6.07, 6.45) is 0. The highest BCUT2D eigenvalue weighted by atomic mass is 32.2. The van der Waals surface area contributed by atoms with Gasteiger partial charge < -0.3 is 25.4 Å². The molecule has 0 spiro atoms. The maximum atomic E-state index is 12.1. The molecule has 0 unspecified atom stereocenters. The topological polar surface area (TPSA) is 145 Å². The number of phenols is 3. The molecule has 0 saturated carbocycles. The van der Waals surface area contributed by atoms with Gasteiger partial charge >= 0.3 is 0 Å². The number of methoxy groups -OCH3 is 1. The third-order valence-electron chi connectivity index (χ3n) is 3.40. The molecule has 0 heterocycles. The first-order valence-corrected chi connectivity index (χ1v) is 8.90. The molecule has 9 nitrogen and oxygen atoms in total. The second kappa shape index (κ2) is 7.93. The smallest absolute Gasteiger partial charge is 0.251 e. The number of nitrogens with one attached hydrogen (secondary N) is 2. The number of benzene rings is 2. The Morgan fingerprint density at radius 1 is 1.04 bits per heavy atom. The number of amides is 1. The molecular formula is C16H18N2O7S. The standard InChI is InChI=1S/C16H18N2O7S/c1-25-11-2-4-12(5-3-11)26(23,24)18-7-6-17-16(22)10-8-13(19)15(21)14(20)9-10/h2-5,8-9,18-21H,6-7H2,1H3,(H,17,22). The number of phenolic OH excluding ortho intramolecular Hbond substituents is 3. The van der Waals surface area contributed by atoms with Gasteiger partial charge in [-0.25, -0.2) is 13.1 Å². The van der Waals surface area contributed by atoms with Gasteiger partial charge in [-0.05, 0) is 36.4 Å². The Morgan fingerprint density at radius 2 is 1.62 bits per heavy atom. The predicted octanol–water partition coefficient (Wildman–Crippen LogP) is 0.520. The molecule has 5 N–H and O–H groups in total. The van der Waals surface area contributed by atoms with Gasteiger partial charge in [0.05, 0.1) is 12.0 Å². The number of hydrogen-bond donors (Lipinski definition) is 5. The van der Waals surface area contributed by atoms with E-state index in [4.69, 9.17) is 4.74 Å². The predicted molar refractivity (Wildman–Crippen MR) is 92.0 cm³/mol. The van der Waals surface area contributed by atoms with E-state index in [-0.39, 0.29) is 23.5 Å². The van der Waals surface area contributed by atoms with Crippen molar-refractivity contribution < 1.29 is 33.3 Å². The number of aromatic hydroxyl groups is 3. The van der Waals surface area contributed by atoms with Crippen molar-refractivity contribution in [2.24, 2.45) is 0 Å². The van der Waals surface area contributed by atoms with Crippen molar-refractivity contribution in [3.8, 4) is 23.0 Å². The lowest BCUT2D eigenvalue weighted by Crippen LogP contribution is -2.34. The van der Waals surface area contributed by atoms with Crippen LogP contribution in [0.25, 0.3) is 0 Å². The van der Waals surface area contributed by atoms with Crippen molar-refractivity contribution in [3.05, 3.63) is 42.0 Å². The molecule has 10 heteroatoms. The minimum atomic E-state index is -3.74. The first-order chi connectivity index (χ1) is 12.2. The van der Waals surface area contributed by atoms with Crippen molar-refractivity contribution >= 4 is 15.9 Å². The van der Waals surface area contributed by atoms with Crippen LogP contribution in [0.15, 0.2) is 41.3 Å². The van der Waals surface area contributed by atoms with Crippen LogP contribution >= 0.6 is 0 Å². The third-order valence-corrected chi connectivity index (χ3v) is 4.88. The number of sulfonamides is 1. The zero-order chi connectivity index (χ0) is 19.3. The molecule has 1 amide bonds. The van der Waals surface area contributed by atoms with Crippen LogP contribution in [0, 0.1) is 0 Å². The fraction of sp³-hybridized carbons (Fsp3) is 0.188. The molecule has 0 atom stereocenters. The zero-order valence-corrected chi connectivity index (χ0v) is 14.6. The summed E-state index contributed by atoms with van der Waals surface area (Å²) in [5.41, 5.74) is -0.0872. The summed E-state index contributed by atoms with van der Waals surface area (Å²) in [5, 5.41) is 30.4. The fourth-order valence-electron chi connectivity index (χ4n) is 2.04. The van der Waals surface area contributed by atoms with Gasteiger partial charge in [0.15, 0.2) is 17.2 Å². The van der Waals surface area contributed by atoms with Crippen LogP contribution in [0.1, 0.15) is 10.4 Å². The Balaban J connectivity index is 1.90. The molecule has 0 aliphatic heterocycles. The number of rotatable bonds is 7. The van der Waals surface area contributed by atoms with E-state index in [0.29, 0.717) is 5.75 Å². The summed E-state index contributed by atoms with van der Waals surface area (Å²) in [7, 11) is -2.27. The van der Waals surface area contributed by atoms with Crippen molar-refractivity contribution in [3.63, 3.8) is 0 Å². The number of carbonyl (C=O) groups excluding carboxylic acids is 1. The van der Waals surface area contributed by atoms with Gasteiger partial charge in [0.25, 0.3) is 5.91 Å². The van der Waals surface area contributed by atoms with Crippen molar-refractivity contribution in [2.45, 2.75) is 4.90 Å². The minimum absolute atomic E-state index is 0.0311. The molecule has 140 valence electrons. The lowest BCUT2D eigenvalue weighted by atomic mass is 10.1. The largest absolute Gasteiger partial charge is 0.504 e. The highest BCUT2D eigenvalue weighted by Gasteiger charge is 2.15. The lowest BCUT2D eigenvalue weighted by molar-refractivity contribution is 0.0953. The highest BCUT2D eigenvalue weighted by molar-refractivity contribution is 7.89. The number of carbonyl (C=O) groups is 1. The van der Waals surface area contributed by atoms with E-state index >= 15 is 0 Å². The molecule has 0 saturated heterocycles. The first-order valence-electron chi connectivity index (χ1n) is 7.41. The summed E-state index contributed by atoms with van der Waals surface area (Å²) in [6.45, 7) is -0.104. The van der Waals surface area contributed by atoms with Gasteiger partial charge in [0, 0.05) is 18.7 Å². The Labute approximate surface area is 149 Å². The van der Waals surface area contributed by atoms with Crippen LogP contribution in [0.4, 0.5) is 0 Å². The molecule has 0 radical (unpaired) electrons. The Kier molecular flexibility index (Phi) is 5.90. The van der Waals surface area contributed by atoms with Crippen LogP contribution < -0.4 is 14.8 Å². The molecule has 0 aliphatic carbocycles. The molecule has 0 aliphatic rings. The molecule has 2 rings (SSSR count). The van der Waals surface area contributed by atoms with E-state index in [2.05, 4.69) is 10.0 Å². The lowest BCUT2D eigenvalue weighted by Gasteiger charge is -2.09. The van der Waals surface area contributed by atoms with E-state index in [1.807, 2.05) is 0 Å². The van der Waals surface area contributed by atoms with E-state index < -0.39 is 33.2 Å². The monoisotopic (exact) mass is 382 g/mol. The molecule has 26 heavy (non-hydrogen) atoms. The summed E-state index contributed by atoms with van der Waals surface area (Å²) in [4.78, 5) is 12.0. The highest BCUT2D eigenvalue weighted by Crippen LogP contribution is 2.35. The molecule has 2 aromatic rings. The van der Waals surface area contributed by atoms with E-state index in [1.165, 1.54) is 31.4 Å². The number of ether oxygens (including phenoxy) is 1. The average Bonchev–Trinajstić information content (AvgIpc) is 2.62. The van der Waals surface area contributed by atoms with Crippen LogP contribution in [-0.2, 0) is 10.0 Å². The summed E-state index contributed by atoms with van der Waals surface area (Å²) < 4.78 is 31.5. The van der Waals surface area contributed by atoms with Crippen LogP contribution in [0.3, 0.4) is 0 Å². The maximum Gasteiger partial charge on any atom is 0.251 e. The van der Waals surface area contributed by atoms with Crippen LogP contribution in [-0.4, -0.2) is 49.8 Å². The Morgan fingerprint density at radius 3 is 2.15 bits per heavy atom. The molecule has 0 fully saturated rings. The van der Waals surface area contributed by atoms with E-state index in [0.717, 1.165) is 12.1 Å². The minimum Gasteiger partial charge on any atom is -0.504 e. The molecular weight excluding hydrogens is 364 g/mol. The summed E-state index contributed by atoms with van der Waals surface area (Å²) in [6, 6.07) is 7.77. The molecule has 2 aromatic carbocycles. The fourth-order valence-corrected chi connectivity index (χ4v) is 3.07. The second-order valence-corrected chi connectivity index (χ2v) is 6.96. The van der Waals surface area contributed by atoms with Gasteiger partial charge in [-0.15, -0.1) is 0 Å². The van der Waals surface area contributed by atoms with Crippen molar-refractivity contribution in [1.82, 2.24) is 10.0 Å². The second-order valence-electron chi connectivity index (χ2n) is 5.19. The zero-order valence-electron chi connectivity index (χ0n) is 13.8. The van der Waals surface area contributed by atoms with Crippen molar-refractivity contribution in [2.75, 3.05) is 20.2 Å². The normalized spacial score (nSPS) is 11.1. The Bertz CT molecular complexity index is 872. The van der Waals surface area contributed by atoms with Crippen LogP contribution in [0.2, 0.25) is 0 Å². The average molecular weight is 382 g/mol. The quantitative estimate of drug-likeness (QED) is 0.347. The van der Waals surface area contributed by atoms with Crippen LogP contribution in [0.5, 0.6) is 23.0 Å². The molecule has 0 aromatic heterocycles. The van der Waals surface area contributed by atoms with Gasteiger partial charge in [-0.3, -0.25) is 4.79 Å². The van der Waals surface area contributed by atoms with Crippen molar-refractivity contribution in [1.29, 1.82) is 0 Å². The Hall–Kier alpha value is -2.98. The SMILES string of the molecule is COc1ccc(S(=O)(=O)NCCNC(=O)c2cc(O)c(O)c(O)c2)cc1. The molecule has 0 bridgehead atoms. The summed E-state index contributed by atoms with van der Waals surface area (Å²) in [5.74, 6) is -2.14. The van der Waals surface area contributed by atoms with Gasteiger partial charge in [0.1, 0.15) is 5.75 Å². The van der Waals surface area contributed by atoms with Gasteiger partial charge in [0.2, 0.25) is 10.0 Å². The first kappa shape index (κ1) is 19.3. The third kappa shape index (κ3) is 4.55.